The molecule has 0 unspecified atom stereocenters. The van der Waals surface area contributed by atoms with Crippen molar-refractivity contribution < 1.29 is 13.2 Å². The molecule has 0 radical (unpaired) electrons. The lowest BCUT2D eigenvalue weighted by Gasteiger charge is -2.22. The van der Waals surface area contributed by atoms with Crippen molar-refractivity contribution in [1.29, 1.82) is 0 Å². The molecular weight excluding hydrogens is 314 g/mol. The Kier molecular flexibility index (Phi) is 4.48. The highest BCUT2D eigenvalue weighted by atomic mass is 32.2. The monoisotopic (exact) mass is 337 g/mol. The van der Waals surface area contributed by atoms with Crippen LogP contribution in [0.1, 0.15) is 32.1 Å². The largest absolute Gasteiger partial charge is 0.354 e. The number of rotatable bonds is 4. The number of hydrogen-bond donors (Lipinski definition) is 1. The van der Waals surface area contributed by atoms with E-state index < -0.39 is 10.2 Å². The third kappa shape index (κ3) is 3.02. The zero-order valence-corrected chi connectivity index (χ0v) is 14.2. The predicted octanol–water partition coefficient (Wildman–Crippen LogP) is 1.88. The summed E-state index contributed by atoms with van der Waals surface area (Å²) in [5, 5.41) is 2.90. The number of amides is 1. The van der Waals surface area contributed by atoms with Crippen LogP contribution in [-0.2, 0) is 15.0 Å². The maximum Gasteiger partial charge on any atom is 0.326 e. The van der Waals surface area contributed by atoms with E-state index in [-0.39, 0.29) is 18.4 Å². The summed E-state index contributed by atoms with van der Waals surface area (Å²) < 4.78 is 27.6. The molecule has 2 aliphatic rings. The number of nitrogens with one attached hydrogen (secondary N) is 1. The van der Waals surface area contributed by atoms with Gasteiger partial charge in [0.1, 0.15) is 0 Å². The van der Waals surface area contributed by atoms with Gasteiger partial charge in [-0.05, 0) is 25.0 Å². The molecule has 1 heterocycles. The van der Waals surface area contributed by atoms with Crippen molar-refractivity contribution in [3.8, 4) is 0 Å². The number of para-hydroxylation sites is 2. The number of anilines is 2. The summed E-state index contributed by atoms with van der Waals surface area (Å²) in [6.07, 6.45) is 5.31. The summed E-state index contributed by atoms with van der Waals surface area (Å²) in [5.41, 5.74) is 1.34. The number of nitrogens with zero attached hydrogens (tertiary/aromatic N) is 2. The topological polar surface area (TPSA) is 69.7 Å². The van der Waals surface area contributed by atoms with Crippen LogP contribution < -0.4 is 13.9 Å². The van der Waals surface area contributed by atoms with E-state index in [0.717, 1.165) is 25.7 Å². The Labute approximate surface area is 137 Å². The van der Waals surface area contributed by atoms with E-state index >= 15 is 0 Å². The van der Waals surface area contributed by atoms with Crippen LogP contribution in [0.15, 0.2) is 24.3 Å². The lowest BCUT2D eigenvalue weighted by atomic mass is 9.89. The highest BCUT2D eigenvalue weighted by Gasteiger charge is 2.37. The summed E-state index contributed by atoms with van der Waals surface area (Å²) >= 11 is 0. The normalized spacial score (nSPS) is 20.4. The fourth-order valence-corrected chi connectivity index (χ4v) is 4.79. The average molecular weight is 337 g/mol. The zero-order chi connectivity index (χ0) is 16.4. The van der Waals surface area contributed by atoms with Gasteiger partial charge in [-0.1, -0.05) is 31.4 Å². The highest BCUT2D eigenvalue weighted by Crippen LogP contribution is 2.39. The Morgan fingerprint density at radius 2 is 1.83 bits per heavy atom. The first-order valence-corrected chi connectivity index (χ1v) is 9.55. The Hall–Kier alpha value is -1.76. The first kappa shape index (κ1) is 16.1. The molecule has 1 amide bonds. The first-order chi connectivity index (χ1) is 11.0. The molecule has 1 saturated carbocycles. The van der Waals surface area contributed by atoms with E-state index in [1.807, 2.05) is 12.1 Å². The van der Waals surface area contributed by atoms with Crippen molar-refractivity contribution in [3.05, 3.63) is 24.3 Å². The highest BCUT2D eigenvalue weighted by molar-refractivity contribution is 7.94. The van der Waals surface area contributed by atoms with Gasteiger partial charge in [0.15, 0.2) is 0 Å². The molecule has 0 aromatic heterocycles. The molecule has 1 fully saturated rings. The second-order valence-electron chi connectivity index (χ2n) is 6.16. The van der Waals surface area contributed by atoms with Crippen molar-refractivity contribution >= 4 is 27.5 Å². The molecule has 7 heteroatoms. The van der Waals surface area contributed by atoms with E-state index in [9.17, 15) is 13.2 Å². The van der Waals surface area contributed by atoms with Gasteiger partial charge < -0.3 is 5.32 Å². The molecule has 0 bridgehead atoms. The minimum Gasteiger partial charge on any atom is -0.354 e. The SMILES string of the molecule is CN1c2ccccc2N(CCNC(=O)C2CCCCC2)S1(=O)=O. The Balaban J connectivity index is 1.63. The lowest BCUT2D eigenvalue weighted by molar-refractivity contribution is -0.125. The summed E-state index contributed by atoms with van der Waals surface area (Å²) in [4.78, 5) is 12.2. The summed E-state index contributed by atoms with van der Waals surface area (Å²) in [5.74, 6) is 0.150. The van der Waals surface area contributed by atoms with Crippen LogP contribution in [0.2, 0.25) is 0 Å². The summed E-state index contributed by atoms with van der Waals surface area (Å²) in [6, 6.07) is 7.22. The molecule has 6 nitrogen and oxygen atoms in total. The van der Waals surface area contributed by atoms with Gasteiger partial charge in [0, 0.05) is 19.5 Å². The molecule has 1 N–H and O–H groups in total. The van der Waals surface area contributed by atoms with Crippen molar-refractivity contribution in [1.82, 2.24) is 5.32 Å². The van der Waals surface area contributed by atoms with Gasteiger partial charge in [-0.25, -0.2) is 4.31 Å². The smallest absolute Gasteiger partial charge is 0.326 e. The Bertz CT molecular complexity index is 684. The molecular formula is C16H23N3O3S. The maximum atomic E-state index is 12.5. The molecule has 0 saturated heterocycles. The Morgan fingerprint density at radius 3 is 2.52 bits per heavy atom. The second kappa shape index (κ2) is 6.39. The van der Waals surface area contributed by atoms with Crippen LogP contribution in [0.3, 0.4) is 0 Å². The minimum atomic E-state index is -3.53. The first-order valence-electron chi connectivity index (χ1n) is 8.15. The quantitative estimate of drug-likeness (QED) is 0.912. The third-order valence-corrected chi connectivity index (χ3v) is 6.53. The molecule has 3 rings (SSSR count). The maximum absolute atomic E-state index is 12.5. The molecule has 1 aromatic rings. The third-order valence-electron chi connectivity index (χ3n) is 4.70. The van der Waals surface area contributed by atoms with Crippen LogP contribution in [0.25, 0.3) is 0 Å². The van der Waals surface area contributed by atoms with Crippen LogP contribution in [-0.4, -0.2) is 34.5 Å². The van der Waals surface area contributed by atoms with E-state index in [2.05, 4.69) is 5.32 Å². The number of hydrogen-bond acceptors (Lipinski definition) is 3. The fourth-order valence-electron chi connectivity index (χ4n) is 3.36. The lowest BCUT2D eigenvalue weighted by Crippen LogP contribution is -2.42. The van der Waals surface area contributed by atoms with E-state index in [4.69, 9.17) is 0 Å². The number of carbonyl (C=O) groups excluding carboxylic acids is 1. The van der Waals surface area contributed by atoms with Gasteiger partial charge in [0.05, 0.1) is 17.9 Å². The minimum absolute atomic E-state index is 0.0583. The average Bonchev–Trinajstić information content (AvgIpc) is 2.76. The molecule has 1 aromatic carbocycles. The van der Waals surface area contributed by atoms with Crippen molar-refractivity contribution in [2.45, 2.75) is 32.1 Å². The summed E-state index contributed by atoms with van der Waals surface area (Å²) in [6.45, 7) is 0.582. The van der Waals surface area contributed by atoms with Gasteiger partial charge >= 0.3 is 10.2 Å². The molecule has 23 heavy (non-hydrogen) atoms. The number of benzene rings is 1. The number of fused-ring (bicyclic) bond motifs is 1. The van der Waals surface area contributed by atoms with Crippen LogP contribution in [0.5, 0.6) is 0 Å². The summed E-state index contributed by atoms with van der Waals surface area (Å²) in [7, 11) is -1.98. The van der Waals surface area contributed by atoms with Gasteiger partial charge in [0.2, 0.25) is 5.91 Å². The fraction of sp³-hybridized carbons (Fsp3) is 0.562. The molecule has 0 atom stereocenters. The van der Waals surface area contributed by atoms with Gasteiger partial charge in [0.25, 0.3) is 0 Å². The van der Waals surface area contributed by atoms with Crippen molar-refractivity contribution in [2.75, 3.05) is 28.7 Å². The zero-order valence-electron chi connectivity index (χ0n) is 13.4. The molecule has 126 valence electrons. The van der Waals surface area contributed by atoms with Crippen molar-refractivity contribution in [3.63, 3.8) is 0 Å². The molecule has 0 spiro atoms. The van der Waals surface area contributed by atoms with Gasteiger partial charge in [-0.3, -0.25) is 9.10 Å². The van der Waals surface area contributed by atoms with Crippen LogP contribution in [0, 0.1) is 5.92 Å². The Morgan fingerprint density at radius 1 is 1.17 bits per heavy atom. The van der Waals surface area contributed by atoms with Crippen molar-refractivity contribution in [2.24, 2.45) is 5.92 Å². The predicted molar refractivity (Wildman–Crippen MR) is 90.7 cm³/mol. The van der Waals surface area contributed by atoms with Gasteiger partial charge in [-0.15, -0.1) is 0 Å². The van der Waals surface area contributed by atoms with E-state index in [0.29, 0.717) is 17.9 Å². The van der Waals surface area contributed by atoms with Gasteiger partial charge in [-0.2, -0.15) is 8.42 Å². The van der Waals surface area contributed by atoms with E-state index in [1.54, 1.807) is 19.2 Å². The van der Waals surface area contributed by atoms with E-state index in [1.165, 1.54) is 15.0 Å². The van der Waals surface area contributed by atoms with Crippen LogP contribution in [0.4, 0.5) is 11.4 Å². The molecule has 1 aliphatic carbocycles. The molecule has 1 aliphatic heterocycles. The van der Waals surface area contributed by atoms with Crippen LogP contribution >= 0.6 is 0 Å². The standard InChI is InChI=1S/C16H23N3O3S/c1-18-14-9-5-6-10-15(14)19(23(18,21)22)12-11-17-16(20)13-7-3-2-4-8-13/h5-6,9-10,13H,2-4,7-8,11-12H2,1H3,(H,17,20). The number of carbonyl (C=O) groups is 1. The second-order valence-corrected chi connectivity index (χ2v) is 8.05.